The Bertz CT molecular complexity index is 364. The van der Waals surface area contributed by atoms with Gasteiger partial charge in [0.05, 0.1) is 5.75 Å². The molecule has 1 unspecified atom stereocenters. The van der Waals surface area contributed by atoms with Crippen LogP contribution >= 0.6 is 15.9 Å². The molecule has 0 N–H and O–H groups in total. The number of carbonyl (C=O) groups is 1. The number of hydrogen-bond acceptors (Lipinski definition) is 3. The molecule has 0 aromatic heterocycles. The quantitative estimate of drug-likeness (QED) is 0.665. The van der Waals surface area contributed by atoms with Gasteiger partial charge in [0.2, 0.25) is 5.91 Å². The molecule has 106 valence electrons. The maximum Gasteiger partial charge on any atom is 0.237 e. The van der Waals surface area contributed by atoms with Gasteiger partial charge in [-0.1, -0.05) is 22.9 Å². The standard InChI is InChI=1S/C12H22BrNO3S/c1-11(4-6-13)5-9-18(16,17)10-12(15)14-7-2-3-8-14/h11H,2-10H2,1H3. The first-order valence-corrected chi connectivity index (χ1v) is 9.43. The number of alkyl halides is 1. The zero-order valence-corrected chi connectivity index (χ0v) is 13.3. The minimum atomic E-state index is -3.24. The second-order valence-electron chi connectivity index (χ2n) is 5.05. The van der Waals surface area contributed by atoms with Gasteiger partial charge in [-0.3, -0.25) is 4.79 Å². The molecule has 4 nitrogen and oxygen atoms in total. The fourth-order valence-corrected chi connectivity index (χ4v) is 4.28. The number of carbonyl (C=O) groups excluding carboxylic acids is 1. The summed E-state index contributed by atoms with van der Waals surface area (Å²) in [6.45, 7) is 3.47. The van der Waals surface area contributed by atoms with Gasteiger partial charge >= 0.3 is 0 Å². The average molecular weight is 340 g/mol. The van der Waals surface area contributed by atoms with Gasteiger partial charge in [0.15, 0.2) is 9.84 Å². The maximum atomic E-state index is 11.8. The number of nitrogens with zero attached hydrogens (tertiary/aromatic N) is 1. The van der Waals surface area contributed by atoms with Crippen molar-refractivity contribution in [1.82, 2.24) is 4.90 Å². The first-order valence-electron chi connectivity index (χ1n) is 6.49. The summed E-state index contributed by atoms with van der Waals surface area (Å²) in [5.74, 6) is -0.0314. The highest BCUT2D eigenvalue weighted by Gasteiger charge is 2.24. The summed E-state index contributed by atoms with van der Waals surface area (Å²) in [6, 6.07) is 0. The molecule has 18 heavy (non-hydrogen) atoms. The van der Waals surface area contributed by atoms with Crippen LogP contribution in [0, 0.1) is 5.92 Å². The molecule has 0 saturated carbocycles. The Balaban J connectivity index is 2.36. The van der Waals surface area contributed by atoms with Crippen molar-refractivity contribution < 1.29 is 13.2 Å². The van der Waals surface area contributed by atoms with Crippen LogP contribution in [-0.2, 0) is 14.6 Å². The van der Waals surface area contributed by atoms with E-state index >= 15 is 0 Å². The third-order valence-electron chi connectivity index (χ3n) is 3.33. The van der Waals surface area contributed by atoms with Crippen LogP contribution in [0.2, 0.25) is 0 Å². The van der Waals surface area contributed by atoms with E-state index in [9.17, 15) is 13.2 Å². The third kappa shape index (κ3) is 5.69. The molecule has 1 saturated heterocycles. The van der Waals surface area contributed by atoms with E-state index in [-0.39, 0.29) is 17.4 Å². The molecule has 1 rings (SSSR count). The highest BCUT2D eigenvalue weighted by Crippen LogP contribution is 2.13. The van der Waals surface area contributed by atoms with Crippen molar-refractivity contribution in [2.75, 3.05) is 29.9 Å². The summed E-state index contributed by atoms with van der Waals surface area (Å²) >= 11 is 3.35. The molecule has 0 spiro atoms. The van der Waals surface area contributed by atoms with Crippen LogP contribution < -0.4 is 0 Å². The summed E-state index contributed by atoms with van der Waals surface area (Å²) in [4.78, 5) is 13.4. The van der Waals surface area contributed by atoms with E-state index in [4.69, 9.17) is 0 Å². The molecule has 1 aliphatic rings. The molecular weight excluding hydrogens is 318 g/mol. The Morgan fingerprint density at radius 3 is 2.44 bits per heavy atom. The highest BCUT2D eigenvalue weighted by atomic mass is 79.9. The van der Waals surface area contributed by atoms with Crippen molar-refractivity contribution in [1.29, 1.82) is 0 Å². The second kappa shape index (κ2) is 7.48. The Morgan fingerprint density at radius 2 is 1.89 bits per heavy atom. The van der Waals surface area contributed by atoms with Crippen LogP contribution in [0.15, 0.2) is 0 Å². The fraction of sp³-hybridized carbons (Fsp3) is 0.917. The van der Waals surface area contributed by atoms with Crippen molar-refractivity contribution in [2.45, 2.75) is 32.6 Å². The van der Waals surface area contributed by atoms with Gasteiger partial charge in [-0.25, -0.2) is 8.42 Å². The minimum Gasteiger partial charge on any atom is -0.342 e. The van der Waals surface area contributed by atoms with Gasteiger partial charge in [-0.2, -0.15) is 0 Å². The van der Waals surface area contributed by atoms with Crippen LogP contribution in [0.3, 0.4) is 0 Å². The van der Waals surface area contributed by atoms with E-state index in [0.29, 0.717) is 25.4 Å². The van der Waals surface area contributed by atoms with Gasteiger partial charge in [0.1, 0.15) is 5.75 Å². The molecule has 0 aliphatic carbocycles. The molecule has 1 atom stereocenters. The van der Waals surface area contributed by atoms with Crippen LogP contribution in [0.1, 0.15) is 32.6 Å². The van der Waals surface area contributed by atoms with Crippen molar-refractivity contribution in [2.24, 2.45) is 5.92 Å². The largest absolute Gasteiger partial charge is 0.342 e. The van der Waals surface area contributed by atoms with Crippen molar-refractivity contribution in [3.05, 3.63) is 0 Å². The number of likely N-dealkylation sites (tertiary alicyclic amines) is 1. The van der Waals surface area contributed by atoms with E-state index in [1.54, 1.807) is 4.90 Å². The summed E-state index contributed by atoms with van der Waals surface area (Å²) in [7, 11) is -3.24. The average Bonchev–Trinajstić information content (AvgIpc) is 2.80. The predicted octanol–water partition coefficient (Wildman–Crippen LogP) is 1.83. The fourth-order valence-electron chi connectivity index (χ4n) is 2.03. The highest BCUT2D eigenvalue weighted by molar-refractivity contribution is 9.09. The van der Waals surface area contributed by atoms with Gasteiger partial charge in [-0.15, -0.1) is 0 Å². The monoisotopic (exact) mass is 339 g/mol. The lowest BCUT2D eigenvalue weighted by atomic mass is 10.1. The summed E-state index contributed by atoms with van der Waals surface area (Å²) in [5, 5.41) is 0.890. The van der Waals surface area contributed by atoms with E-state index in [1.165, 1.54) is 0 Å². The molecule has 1 heterocycles. The second-order valence-corrected chi connectivity index (χ2v) is 8.03. The summed E-state index contributed by atoms with van der Waals surface area (Å²) < 4.78 is 23.7. The lowest BCUT2D eigenvalue weighted by Crippen LogP contribution is -2.34. The van der Waals surface area contributed by atoms with E-state index in [2.05, 4.69) is 15.9 Å². The number of sulfone groups is 1. The predicted molar refractivity (Wildman–Crippen MR) is 76.7 cm³/mol. The first kappa shape index (κ1) is 16.0. The van der Waals surface area contributed by atoms with Gasteiger partial charge in [-0.05, 0) is 31.6 Å². The molecule has 1 aliphatic heterocycles. The molecule has 0 radical (unpaired) electrons. The summed E-state index contributed by atoms with van der Waals surface area (Å²) in [5.41, 5.74) is 0. The van der Waals surface area contributed by atoms with Crippen molar-refractivity contribution in [3.8, 4) is 0 Å². The minimum absolute atomic E-state index is 0.126. The number of rotatable bonds is 7. The molecule has 0 aromatic carbocycles. The third-order valence-corrected chi connectivity index (χ3v) is 5.33. The summed E-state index contributed by atoms with van der Waals surface area (Å²) in [6.07, 6.45) is 3.60. The van der Waals surface area contributed by atoms with Crippen LogP contribution in [0.4, 0.5) is 0 Å². The topological polar surface area (TPSA) is 54.5 Å². The Morgan fingerprint density at radius 1 is 1.28 bits per heavy atom. The van der Waals surface area contributed by atoms with E-state index < -0.39 is 9.84 Å². The molecule has 0 aromatic rings. The lowest BCUT2D eigenvalue weighted by Gasteiger charge is -2.15. The Hall–Kier alpha value is -0.100. The molecular formula is C12H22BrNO3S. The van der Waals surface area contributed by atoms with E-state index in [0.717, 1.165) is 24.6 Å². The van der Waals surface area contributed by atoms with Crippen LogP contribution in [0.25, 0.3) is 0 Å². The SMILES string of the molecule is CC(CCBr)CCS(=O)(=O)CC(=O)N1CCCC1. The van der Waals surface area contributed by atoms with Crippen molar-refractivity contribution in [3.63, 3.8) is 0 Å². The van der Waals surface area contributed by atoms with Crippen LogP contribution in [-0.4, -0.2) is 49.2 Å². The van der Waals surface area contributed by atoms with Crippen molar-refractivity contribution >= 4 is 31.7 Å². The van der Waals surface area contributed by atoms with Gasteiger partial charge in [0.25, 0.3) is 0 Å². The first-order chi connectivity index (χ1) is 8.44. The molecule has 6 heteroatoms. The zero-order valence-electron chi connectivity index (χ0n) is 10.9. The van der Waals surface area contributed by atoms with Gasteiger partial charge < -0.3 is 4.90 Å². The lowest BCUT2D eigenvalue weighted by molar-refractivity contribution is -0.127. The number of hydrogen-bond donors (Lipinski definition) is 0. The van der Waals surface area contributed by atoms with Crippen LogP contribution in [0.5, 0.6) is 0 Å². The zero-order chi connectivity index (χ0) is 13.6. The number of halogens is 1. The normalized spacial score (nSPS) is 18.0. The Kier molecular flexibility index (Phi) is 6.63. The van der Waals surface area contributed by atoms with Gasteiger partial charge in [0, 0.05) is 18.4 Å². The van der Waals surface area contributed by atoms with E-state index in [1.807, 2.05) is 6.92 Å². The molecule has 0 bridgehead atoms. The maximum absolute atomic E-state index is 11.8. The Labute approximate surface area is 118 Å². The molecule has 1 fully saturated rings. The number of amides is 1. The molecule has 1 amide bonds. The smallest absolute Gasteiger partial charge is 0.237 e.